The van der Waals surface area contributed by atoms with Crippen LogP contribution in [0, 0.1) is 5.41 Å². The van der Waals surface area contributed by atoms with E-state index in [-0.39, 0.29) is 16.4 Å². The molecule has 1 aromatic rings. The molecule has 2 N–H and O–H groups in total. The third-order valence-corrected chi connectivity index (χ3v) is 5.94. The van der Waals surface area contributed by atoms with E-state index in [1.165, 1.54) is 0 Å². The highest BCUT2D eigenvalue weighted by Crippen LogP contribution is 2.36. The molecule has 0 aromatic heterocycles. The highest BCUT2D eigenvalue weighted by Gasteiger charge is 2.36. The van der Waals surface area contributed by atoms with Crippen LogP contribution in [0.25, 0.3) is 0 Å². The van der Waals surface area contributed by atoms with Crippen LogP contribution < -0.4 is 4.72 Å². The van der Waals surface area contributed by atoms with Crippen molar-refractivity contribution in [1.82, 2.24) is 4.72 Å². The van der Waals surface area contributed by atoms with Crippen molar-refractivity contribution in [2.75, 3.05) is 6.54 Å². The lowest BCUT2D eigenvalue weighted by Gasteiger charge is -2.37. The number of aliphatic hydroxyl groups is 1. The second kappa shape index (κ2) is 5.10. The van der Waals surface area contributed by atoms with E-state index in [0.717, 1.165) is 25.7 Å². The van der Waals surface area contributed by atoms with Gasteiger partial charge in [0.1, 0.15) is 5.84 Å². The molecular formula is C15H20N2O3S. The topological polar surface area (TPSA) is 78.8 Å². The van der Waals surface area contributed by atoms with Gasteiger partial charge in [0.25, 0.3) is 10.0 Å². The minimum absolute atomic E-state index is 0.270. The van der Waals surface area contributed by atoms with Crippen LogP contribution in [0.15, 0.2) is 34.2 Å². The molecule has 0 spiro atoms. The fourth-order valence-electron chi connectivity index (χ4n) is 3.08. The van der Waals surface area contributed by atoms with E-state index in [1.54, 1.807) is 24.3 Å². The fourth-order valence-corrected chi connectivity index (χ4v) is 4.33. The Hall–Kier alpha value is -1.40. The van der Waals surface area contributed by atoms with Gasteiger partial charge in [-0.2, -0.15) is 0 Å². The summed E-state index contributed by atoms with van der Waals surface area (Å²) < 4.78 is 26.5. The van der Waals surface area contributed by atoms with Crippen LogP contribution in [0.1, 0.15) is 38.2 Å². The Morgan fingerprint density at radius 3 is 2.90 bits per heavy atom. The molecular weight excluding hydrogens is 288 g/mol. The molecule has 1 aromatic carbocycles. The third kappa shape index (κ3) is 2.58. The first-order valence-corrected chi connectivity index (χ1v) is 8.75. The molecule has 2 unspecified atom stereocenters. The first kappa shape index (κ1) is 14.5. The van der Waals surface area contributed by atoms with Crippen molar-refractivity contribution in [1.29, 1.82) is 0 Å². The summed E-state index contributed by atoms with van der Waals surface area (Å²) >= 11 is 0. The van der Waals surface area contributed by atoms with Gasteiger partial charge >= 0.3 is 0 Å². The van der Waals surface area contributed by atoms with Crippen molar-refractivity contribution in [3.63, 3.8) is 0 Å². The molecule has 1 heterocycles. The molecule has 0 saturated heterocycles. The van der Waals surface area contributed by atoms with E-state index in [0.29, 0.717) is 17.9 Å². The highest BCUT2D eigenvalue weighted by atomic mass is 32.2. The predicted octanol–water partition coefficient (Wildman–Crippen LogP) is 1.67. The van der Waals surface area contributed by atoms with Gasteiger partial charge in [0.05, 0.1) is 11.0 Å². The molecule has 3 rings (SSSR count). The Kier molecular flexibility index (Phi) is 3.53. The molecule has 1 fully saturated rings. The molecule has 0 radical (unpaired) electrons. The smallest absolute Gasteiger partial charge is 0.263 e. The maximum Gasteiger partial charge on any atom is 0.263 e. The number of amidine groups is 1. The van der Waals surface area contributed by atoms with E-state index in [9.17, 15) is 13.5 Å². The number of hydrogen-bond acceptors (Lipinski definition) is 4. The summed E-state index contributed by atoms with van der Waals surface area (Å²) in [6.07, 6.45) is 3.47. The van der Waals surface area contributed by atoms with Crippen LogP contribution in [-0.2, 0) is 10.0 Å². The molecule has 114 valence electrons. The molecule has 5 nitrogen and oxygen atoms in total. The zero-order valence-electron chi connectivity index (χ0n) is 12.0. The first-order chi connectivity index (χ1) is 9.92. The second-order valence-corrected chi connectivity index (χ2v) is 7.83. The van der Waals surface area contributed by atoms with Gasteiger partial charge < -0.3 is 5.11 Å². The second-order valence-electron chi connectivity index (χ2n) is 6.18. The Morgan fingerprint density at radius 1 is 1.38 bits per heavy atom. The summed E-state index contributed by atoms with van der Waals surface area (Å²) in [6.45, 7) is 2.45. The number of nitrogens with one attached hydrogen (secondary N) is 1. The SMILES string of the molecule is CC1(CN=C2NS(=O)(=O)c3ccccc32)CCCCC1O. The van der Waals surface area contributed by atoms with E-state index < -0.39 is 10.0 Å². The largest absolute Gasteiger partial charge is 0.392 e. The summed E-state index contributed by atoms with van der Waals surface area (Å²) in [5.74, 6) is 0.393. The monoisotopic (exact) mass is 308 g/mol. The maximum absolute atomic E-state index is 12.0. The van der Waals surface area contributed by atoms with Crippen LogP contribution in [-0.4, -0.2) is 32.0 Å². The molecule has 0 amide bonds. The maximum atomic E-state index is 12.0. The normalized spacial score (nSPS) is 32.7. The lowest BCUT2D eigenvalue weighted by Crippen LogP contribution is -2.38. The average molecular weight is 308 g/mol. The van der Waals surface area contributed by atoms with Crippen molar-refractivity contribution in [3.05, 3.63) is 29.8 Å². The van der Waals surface area contributed by atoms with Gasteiger partial charge in [-0.3, -0.25) is 9.71 Å². The molecule has 0 bridgehead atoms. The molecule has 2 aliphatic rings. The molecule has 1 aliphatic heterocycles. The molecule has 1 saturated carbocycles. The van der Waals surface area contributed by atoms with Crippen molar-refractivity contribution in [3.8, 4) is 0 Å². The highest BCUT2D eigenvalue weighted by molar-refractivity contribution is 7.90. The number of benzene rings is 1. The van der Waals surface area contributed by atoms with Crippen molar-refractivity contribution in [2.45, 2.75) is 43.6 Å². The minimum atomic E-state index is -3.48. The van der Waals surface area contributed by atoms with Gasteiger partial charge in [0.15, 0.2) is 0 Å². The van der Waals surface area contributed by atoms with E-state index in [1.807, 2.05) is 6.92 Å². The minimum Gasteiger partial charge on any atom is -0.392 e. The summed E-state index contributed by atoms with van der Waals surface area (Å²) in [4.78, 5) is 4.75. The number of nitrogens with zero attached hydrogens (tertiary/aromatic N) is 1. The zero-order chi connectivity index (χ0) is 15.1. The number of aliphatic hydroxyl groups excluding tert-OH is 1. The quantitative estimate of drug-likeness (QED) is 0.872. The van der Waals surface area contributed by atoms with Gasteiger partial charge in [0, 0.05) is 17.5 Å². The lowest BCUT2D eigenvalue weighted by molar-refractivity contribution is 0.00724. The third-order valence-electron chi connectivity index (χ3n) is 4.54. The van der Waals surface area contributed by atoms with Gasteiger partial charge in [-0.1, -0.05) is 31.9 Å². The van der Waals surface area contributed by atoms with Gasteiger partial charge in [0.2, 0.25) is 0 Å². The van der Waals surface area contributed by atoms with E-state index >= 15 is 0 Å². The van der Waals surface area contributed by atoms with E-state index in [2.05, 4.69) is 9.71 Å². The number of rotatable bonds is 2. The lowest BCUT2D eigenvalue weighted by atomic mass is 9.73. The number of aliphatic imine (C=N–C) groups is 1. The average Bonchev–Trinajstić information content (AvgIpc) is 2.72. The summed E-state index contributed by atoms with van der Waals surface area (Å²) in [6, 6.07) is 6.84. The standard InChI is InChI=1S/C15H20N2O3S/c1-15(9-5-4-8-13(15)18)10-16-14-11-6-2-3-7-12(11)21(19,20)17-14/h2-3,6-7,13,18H,4-5,8-10H2,1H3,(H,16,17). The first-order valence-electron chi connectivity index (χ1n) is 7.27. The summed E-state index contributed by atoms with van der Waals surface area (Å²) in [5, 5.41) is 10.2. The number of hydrogen-bond donors (Lipinski definition) is 2. The zero-order valence-corrected chi connectivity index (χ0v) is 12.9. The Labute approximate surface area is 125 Å². The van der Waals surface area contributed by atoms with Crippen LogP contribution in [0.3, 0.4) is 0 Å². The fraction of sp³-hybridized carbons (Fsp3) is 0.533. The van der Waals surface area contributed by atoms with Crippen LogP contribution >= 0.6 is 0 Å². The summed E-state index contributed by atoms with van der Waals surface area (Å²) in [7, 11) is -3.48. The van der Waals surface area contributed by atoms with Crippen LogP contribution in [0.4, 0.5) is 0 Å². The summed E-state index contributed by atoms with van der Waals surface area (Å²) in [5.41, 5.74) is 0.347. The number of fused-ring (bicyclic) bond motifs is 1. The van der Waals surface area contributed by atoms with E-state index in [4.69, 9.17) is 0 Å². The van der Waals surface area contributed by atoms with Crippen molar-refractivity contribution < 1.29 is 13.5 Å². The number of sulfonamides is 1. The van der Waals surface area contributed by atoms with Gasteiger partial charge in [-0.15, -0.1) is 0 Å². The Morgan fingerprint density at radius 2 is 2.14 bits per heavy atom. The van der Waals surface area contributed by atoms with Crippen molar-refractivity contribution in [2.24, 2.45) is 10.4 Å². The molecule has 2 atom stereocenters. The van der Waals surface area contributed by atoms with Crippen LogP contribution in [0.5, 0.6) is 0 Å². The van der Waals surface area contributed by atoms with Crippen LogP contribution in [0.2, 0.25) is 0 Å². The Balaban J connectivity index is 1.89. The molecule has 6 heteroatoms. The van der Waals surface area contributed by atoms with Gasteiger partial charge in [-0.25, -0.2) is 8.42 Å². The van der Waals surface area contributed by atoms with Crippen molar-refractivity contribution >= 4 is 15.9 Å². The predicted molar refractivity (Wildman–Crippen MR) is 80.7 cm³/mol. The Bertz CT molecular complexity index is 684. The molecule has 1 aliphatic carbocycles. The van der Waals surface area contributed by atoms with Gasteiger partial charge in [-0.05, 0) is 25.0 Å². The molecule has 21 heavy (non-hydrogen) atoms.